The van der Waals surface area contributed by atoms with E-state index < -0.39 is 10.9 Å². The maximum Gasteiger partial charge on any atom is 1.00 e. The van der Waals surface area contributed by atoms with Gasteiger partial charge in [-0.2, -0.15) is 0 Å². The van der Waals surface area contributed by atoms with Crippen LogP contribution in [0.25, 0.3) is 11.3 Å². The van der Waals surface area contributed by atoms with Crippen LogP contribution in [0.5, 0.6) is 0 Å². The van der Waals surface area contributed by atoms with Crippen molar-refractivity contribution >= 4 is 23.3 Å². The topological polar surface area (TPSA) is 134 Å². The van der Waals surface area contributed by atoms with Gasteiger partial charge in [0.25, 0.3) is 5.69 Å². The van der Waals surface area contributed by atoms with Gasteiger partial charge in [0.1, 0.15) is 0 Å². The molecule has 2 aromatic heterocycles. The fourth-order valence-corrected chi connectivity index (χ4v) is 2.29. The molecule has 1 N–H and O–H groups in total. The van der Waals surface area contributed by atoms with Crippen LogP contribution in [0.15, 0.2) is 48.9 Å². The number of benzene rings is 1. The zero-order valence-electron chi connectivity index (χ0n) is 14.5. The number of nitro benzene ring substituents is 1. The molecule has 10 heteroatoms. The molecule has 0 bridgehead atoms. The third-order valence-electron chi connectivity index (χ3n) is 3.62. The number of nitrogens with one attached hydrogen (secondary N) is 1. The molecule has 3 aromatic rings. The second kappa shape index (κ2) is 8.67. The Morgan fingerprint density at radius 2 is 2.00 bits per heavy atom. The number of anilines is 2. The number of carboxylic acid groups (broad SMARTS) is 1. The van der Waals surface area contributed by atoms with E-state index in [2.05, 4.69) is 20.3 Å². The third kappa shape index (κ3) is 4.64. The first-order valence-electron chi connectivity index (χ1n) is 7.46. The molecule has 27 heavy (non-hydrogen) atoms. The zero-order chi connectivity index (χ0) is 18.7. The Hall–Kier alpha value is -2.88. The van der Waals surface area contributed by atoms with Crippen molar-refractivity contribution in [2.75, 3.05) is 5.32 Å². The smallest absolute Gasteiger partial charge is 0.545 e. The SMILES string of the molecule is Cc1ccc([N+](=O)[O-])cc1Nc1ncc(C(=O)[O-])c(-c2cccnc2)n1.[Na+]. The Morgan fingerprint density at radius 1 is 1.22 bits per heavy atom. The van der Waals surface area contributed by atoms with Gasteiger partial charge >= 0.3 is 29.6 Å². The normalized spacial score (nSPS) is 9.96. The number of carbonyl (C=O) groups excluding carboxylic acids is 1. The van der Waals surface area contributed by atoms with Crippen LogP contribution in [-0.2, 0) is 0 Å². The van der Waals surface area contributed by atoms with E-state index in [1.807, 2.05) is 0 Å². The van der Waals surface area contributed by atoms with Crippen LogP contribution in [-0.4, -0.2) is 25.8 Å². The molecule has 0 fully saturated rings. The van der Waals surface area contributed by atoms with Crippen LogP contribution in [0, 0.1) is 17.0 Å². The summed E-state index contributed by atoms with van der Waals surface area (Å²) < 4.78 is 0. The third-order valence-corrected chi connectivity index (χ3v) is 3.62. The summed E-state index contributed by atoms with van der Waals surface area (Å²) in [7, 11) is 0. The Bertz CT molecular complexity index is 998. The number of non-ortho nitro benzene ring substituents is 1. The maximum absolute atomic E-state index is 11.3. The number of aromatic nitrogens is 3. The molecule has 0 aliphatic rings. The maximum atomic E-state index is 11.3. The summed E-state index contributed by atoms with van der Waals surface area (Å²) in [5, 5.41) is 25.2. The molecular weight excluding hydrogens is 361 g/mol. The second-order valence-corrected chi connectivity index (χ2v) is 5.37. The van der Waals surface area contributed by atoms with E-state index in [-0.39, 0.29) is 52.5 Å². The molecule has 130 valence electrons. The fraction of sp³-hybridized carbons (Fsp3) is 0.0588. The molecule has 0 aliphatic carbocycles. The summed E-state index contributed by atoms with van der Waals surface area (Å²) >= 11 is 0. The average molecular weight is 373 g/mol. The van der Waals surface area contributed by atoms with Gasteiger partial charge in [0, 0.05) is 41.9 Å². The Labute approximate surface area is 176 Å². The molecule has 0 saturated heterocycles. The summed E-state index contributed by atoms with van der Waals surface area (Å²) in [6.07, 6.45) is 4.14. The first-order valence-corrected chi connectivity index (χ1v) is 7.46. The number of carboxylic acids is 1. The summed E-state index contributed by atoms with van der Waals surface area (Å²) in [4.78, 5) is 33.9. The van der Waals surface area contributed by atoms with Crippen LogP contribution in [0.1, 0.15) is 15.9 Å². The number of pyridine rings is 1. The Balaban J connectivity index is 0.00000261. The van der Waals surface area contributed by atoms with Crippen LogP contribution in [0.2, 0.25) is 0 Å². The first kappa shape index (κ1) is 20.4. The molecule has 9 nitrogen and oxygen atoms in total. The van der Waals surface area contributed by atoms with Crippen molar-refractivity contribution in [3.05, 3.63) is 70.2 Å². The summed E-state index contributed by atoms with van der Waals surface area (Å²) in [6, 6.07) is 7.65. The van der Waals surface area contributed by atoms with Crippen LogP contribution in [0.3, 0.4) is 0 Å². The molecule has 0 unspecified atom stereocenters. The minimum Gasteiger partial charge on any atom is -0.545 e. The minimum atomic E-state index is -1.41. The minimum absolute atomic E-state index is 0. The number of rotatable bonds is 5. The number of carbonyl (C=O) groups is 1. The number of nitrogens with zero attached hydrogens (tertiary/aromatic N) is 4. The van der Waals surface area contributed by atoms with Crippen LogP contribution in [0.4, 0.5) is 17.3 Å². The van der Waals surface area contributed by atoms with E-state index in [0.717, 1.165) is 11.8 Å². The fourth-order valence-electron chi connectivity index (χ4n) is 2.29. The van der Waals surface area contributed by atoms with Gasteiger partial charge in [0.2, 0.25) is 5.95 Å². The second-order valence-electron chi connectivity index (χ2n) is 5.37. The van der Waals surface area contributed by atoms with Crippen molar-refractivity contribution in [1.29, 1.82) is 0 Å². The van der Waals surface area contributed by atoms with Crippen molar-refractivity contribution in [2.24, 2.45) is 0 Å². The van der Waals surface area contributed by atoms with Gasteiger partial charge in [-0.3, -0.25) is 15.1 Å². The van der Waals surface area contributed by atoms with E-state index >= 15 is 0 Å². The predicted molar refractivity (Wildman–Crippen MR) is 90.7 cm³/mol. The molecule has 1 aromatic carbocycles. The van der Waals surface area contributed by atoms with Crippen molar-refractivity contribution in [2.45, 2.75) is 6.92 Å². The molecule has 0 aliphatic heterocycles. The summed E-state index contributed by atoms with van der Waals surface area (Å²) in [5.41, 5.74) is 1.53. The Kier molecular flexibility index (Phi) is 6.56. The Morgan fingerprint density at radius 3 is 2.63 bits per heavy atom. The van der Waals surface area contributed by atoms with Gasteiger partial charge < -0.3 is 15.2 Å². The van der Waals surface area contributed by atoms with Crippen molar-refractivity contribution < 1.29 is 44.4 Å². The van der Waals surface area contributed by atoms with E-state index in [4.69, 9.17) is 0 Å². The standard InChI is InChI=1S/C17H13N5O4.Na/c1-10-4-5-12(22(25)26)7-14(10)20-17-19-9-13(16(23)24)15(21-17)11-3-2-6-18-8-11;/h2-9H,1H3,(H,23,24)(H,19,20,21);/q;+1/p-1. The van der Waals surface area contributed by atoms with Crippen molar-refractivity contribution in [1.82, 2.24) is 15.0 Å². The van der Waals surface area contributed by atoms with E-state index in [1.54, 1.807) is 31.3 Å². The summed E-state index contributed by atoms with van der Waals surface area (Å²) in [6.45, 7) is 1.77. The molecule has 0 spiro atoms. The van der Waals surface area contributed by atoms with E-state index in [0.29, 0.717) is 11.3 Å². The zero-order valence-corrected chi connectivity index (χ0v) is 16.5. The quantitative estimate of drug-likeness (QED) is 0.337. The molecule has 0 radical (unpaired) electrons. The number of nitro groups is 1. The van der Waals surface area contributed by atoms with Gasteiger partial charge in [0.15, 0.2) is 0 Å². The monoisotopic (exact) mass is 373 g/mol. The molecule has 0 atom stereocenters. The first-order chi connectivity index (χ1) is 12.5. The van der Waals surface area contributed by atoms with Gasteiger partial charge in [-0.15, -0.1) is 0 Å². The van der Waals surface area contributed by atoms with Crippen LogP contribution >= 0.6 is 0 Å². The average Bonchev–Trinajstić information content (AvgIpc) is 2.64. The number of hydrogen-bond acceptors (Lipinski definition) is 8. The molecule has 0 amide bonds. The molecule has 0 saturated carbocycles. The van der Waals surface area contributed by atoms with Crippen molar-refractivity contribution in [3.63, 3.8) is 0 Å². The van der Waals surface area contributed by atoms with E-state index in [1.165, 1.54) is 18.3 Å². The largest absolute Gasteiger partial charge is 1.00 e. The number of aromatic carboxylic acids is 1. The molecule has 3 rings (SSSR count). The van der Waals surface area contributed by atoms with Gasteiger partial charge in [0.05, 0.1) is 22.3 Å². The molecular formula is C17H12N5NaO4. The predicted octanol–water partition coefficient (Wildman–Crippen LogP) is -1.13. The van der Waals surface area contributed by atoms with Crippen molar-refractivity contribution in [3.8, 4) is 11.3 Å². The van der Waals surface area contributed by atoms with E-state index in [9.17, 15) is 20.0 Å². The molecule has 2 heterocycles. The number of aryl methyl sites for hydroxylation is 1. The van der Waals surface area contributed by atoms with Gasteiger partial charge in [-0.1, -0.05) is 6.07 Å². The van der Waals surface area contributed by atoms with Gasteiger partial charge in [-0.05, 0) is 24.6 Å². The van der Waals surface area contributed by atoms with Gasteiger partial charge in [-0.25, -0.2) is 9.97 Å². The van der Waals surface area contributed by atoms with Crippen LogP contribution < -0.4 is 40.0 Å². The summed E-state index contributed by atoms with van der Waals surface area (Å²) in [5.74, 6) is -1.32. The number of hydrogen-bond donors (Lipinski definition) is 1.